The number of allylic oxidation sites excluding steroid dienone is 1. The number of alkyl halides is 3. The molecule has 9 nitrogen and oxygen atoms in total. The number of rotatable bonds is 7. The van der Waals surface area contributed by atoms with Gasteiger partial charge >= 0.3 is 12.2 Å². The quantitative estimate of drug-likeness (QED) is 0.262. The Morgan fingerprint density at radius 2 is 1.82 bits per heavy atom. The predicted molar refractivity (Wildman–Crippen MR) is 136 cm³/mol. The summed E-state index contributed by atoms with van der Waals surface area (Å²) in [5.74, 6) is -0.896. The fourth-order valence-corrected chi connectivity index (χ4v) is 4.38. The number of nitrogens with zero attached hydrogens (tertiary/aromatic N) is 5. The molecule has 3 aromatic heterocycles. The molecule has 1 aromatic carbocycles. The van der Waals surface area contributed by atoms with E-state index in [4.69, 9.17) is 4.74 Å². The van der Waals surface area contributed by atoms with Crippen molar-refractivity contribution >= 4 is 34.4 Å². The maximum atomic E-state index is 15.2. The normalized spacial score (nSPS) is 15.0. The summed E-state index contributed by atoms with van der Waals surface area (Å²) in [5, 5.41) is 10.0. The second-order valence-electron chi connectivity index (χ2n) is 9.12. The number of nitrogens with one attached hydrogen (secondary N) is 3. The third kappa shape index (κ3) is 6.11. The zero-order chi connectivity index (χ0) is 27.7. The second-order valence-corrected chi connectivity index (χ2v) is 9.12. The van der Waals surface area contributed by atoms with E-state index in [9.17, 15) is 17.6 Å². The molecule has 39 heavy (non-hydrogen) atoms. The molecule has 14 heteroatoms. The SMILES string of the molecule is C/C=C/c1cc(Nc2cc(N3CCN(CC(F)(F)F)CC3)nc(Oc3cc(F)c4[nH]c(C)cc4c3F)n2)n[nH]1. The van der Waals surface area contributed by atoms with Crippen LogP contribution in [0.25, 0.3) is 17.0 Å². The van der Waals surface area contributed by atoms with Crippen molar-refractivity contribution in [2.24, 2.45) is 0 Å². The number of piperazine rings is 1. The van der Waals surface area contributed by atoms with Gasteiger partial charge in [-0.05, 0) is 26.0 Å². The summed E-state index contributed by atoms with van der Waals surface area (Å²) in [6, 6.07) is 5.41. The molecule has 1 saturated heterocycles. The molecule has 1 aliphatic rings. The van der Waals surface area contributed by atoms with Gasteiger partial charge in [0.2, 0.25) is 0 Å². The van der Waals surface area contributed by atoms with Crippen molar-refractivity contribution in [1.82, 2.24) is 30.0 Å². The van der Waals surface area contributed by atoms with Gasteiger partial charge in [-0.15, -0.1) is 0 Å². The van der Waals surface area contributed by atoms with Crippen molar-refractivity contribution in [2.75, 3.05) is 42.9 Å². The molecular formula is C25H25F5N8O. The van der Waals surface area contributed by atoms with E-state index in [1.165, 1.54) is 11.0 Å². The summed E-state index contributed by atoms with van der Waals surface area (Å²) in [7, 11) is 0. The smallest absolute Gasteiger partial charge is 0.401 e. The summed E-state index contributed by atoms with van der Waals surface area (Å²) >= 11 is 0. The highest BCUT2D eigenvalue weighted by atomic mass is 19.4. The van der Waals surface area contributed by atoms with Gasteiger partial charge in [-0.3, -0.25) is 10.00 Å². The Bertz CT molecular complexity index is 1500. The molecule has 0 atom stereocenters. The zero-order valence-electron chi connectivity index (χ0n) is 21.0. The van der Waals surface area contributed by atoms with Crippen molar-refractivity contribution in [3.05, 3.63) is 53.4 Å². The van der Waals surface area contributed by atoms with Crippen LogP contribution in [0, 0.1) is 18.6 Å². The second kappa shape index (κ2) is 10.5. The first kappa shape index (κ1) is 26.4. The van der Waals surface area contributed by atoms with Crippen LogP contribution in [0.2, 0.25) is 0 Å². The number of anilines is 3. The molecule has 4 heterocycles. The van der Waals surface area contributed by atoms with E-state index >= 15 is 4.39 Å². The molecule has 0 aliphatic carbocycles. The number of fused-ring (bicyclic) bond motifs is 1. The number of benzene rings is 1. The Morgan fingerprint density at radius 1 is 1.05 bits per heavy atom. The van der Waals surface area contributed by atoms with Crippen molar-refractivity contribution in [2.45, 2.75) is 20.0 Å². The van der Waals surface area contributed by atoms with Crippen LogP contribution in [0.3, 0.4) is 0 Å². The molecule has 0 amide bonds. The van der Waals surface area contributed by atoms with Crippen LogP contribution in [0.5, 0.6) is 11.8 Å². The van der Waals surface area contributed by atoms with E-state index < -0.39 is 30.1 Å². The predicted octanol–water partition coefficient (Wildman–Crippen LogP) is 5.52. The first-order valence-corrected chi connectivity index (χ1v) is 12.1. The summed E-state index contributed by atoms with van der Waals surface area (Å²) in [5.41, 5.74) is 1.33. The van der Waals surface area contributed by atoms with Crippen LogP contribution in [-0.4, -0.2) is 68.9 Å². The molecule has 0 unspecified atom stereocenters. The van der Waals surface area contributed by atoms with Crippen molar-refractivity contribution < 1.29 is 26.7 Å². The topological polar surface area (TPSA) is 98.0 Å². The van der Waals surface area contributed by atoms with Gasteiger partial charge in [0.25, 0.3) is 0 Å². The molecule has 1 fully saturated rings. The van der Waals surface area contributed by atoms with Crippen LogP contribution in [0.4, 0.5) is 39.4 Å². The molecule has 4 aromatic rings. The number of hydrogen-bond acceptors (Lipinski definition) is 7. The summed E-state index contributed by atoms with van der Waals surface area (Å²) < 4.78 is 73.9. The maximum absolute atomic E-state index is 15.2. The van der Waals surface area contributed by atoms with Gasteiger partial charge in [0.1, 0.15) is 11.6 Å². The lowest BCUT2D eigenvalue weighted by atomic mass is 10.2. The molecule has 1 aliphatic heterocycles. The van der Waals surface area contributed by atoms with Gasteiger partial charge in [0.05, 0.1) is 17.8 Å². The standard InChI is InChI=1S/C25H25F5N8O/c1-3-4-15-10-20(36-35-15)32-19-12-21(38-7-5-37(6-8-38)13-25(28,29)30)34-24(33-19)39-18-11-17(26)23-16(22(18)27)9-14(2)31-23/h3-4,9-12,31H,5-8,13H2,1-2H3,(H2,32,33,34,35,36)/b4-3+. The van der Waals surface area contributed by atoms with E-state index in [1.54, 1.807) is 24.0 Å². The molecule has 206 valence electrons. The number of ether oxygens (including phenoxy) is 1. The van der Waals surface area contributed by atoms with Gasteiger partial charge in [-0.2, -0.15) is 28.2 Å². The van der Waals surface area contributed by atoms with E-state index in [0.717, 1.165) is 11.8 Å². The molecule has 0 radical (unpaired) electrons. The molecule has 0 saturated carbocycles. The first-order valence-electron chi connectivity index (χ1n) is 12.1. The van der Waals surface area contributed by atoms with Crippen LogP contribution in [-0.2, 0) is 0 Å². The van der Waals surface area contributed by atoms with E-state index in [0.29, 0.717) is 17.3 Å². The van der Waals surface area contributed by atoms with Crippen LogP contribution in [0.15, 0.2) is 30.3 Å². The number of aryl methyl sites for hydroxylation is 1. The minimum atomic E-state index is -4.29. The van der Waals surface area contributed by atoms with E-state index in [1.807, 2.05) is 19.1 Å². The van der Waals surface area contributed by atoms with Crippen molar-refractivity contribution in [3.8, 4) is 11.8 Å². The van der Waals surface area contributed by atoms with E-state index in [-0.39, 0.29) is 48.9 Å². The van der Waals surface area contributed by atoms with E-state index in [2.05, 4.69) is 30.5 Å². The van der Waals surface area contributed by atoms with Crippen molar-refractivity contribution in [3.63, 3.8) is 0 Å². The summed E-state index contributed by atoms with van der Waals surface area (Å²) in [6.07, 6.45) is -0.640. The van der Waals surface area contributed by atoms with Crippen LogP contribution in [0.1, 0.15) is 18.3 Å². The van der Waals surface area contributed by atoms with Gasteiger partial charge in [-0.1, -0.05) is 6.08 Å². The number of H-pyrrole nitrogens is 2. The monoisotopic (exact) mass is 548 g/mol. The van der Waals surface area contributed by atoms with Gasteiger partial charge in [0.15, 0.2) is 23.2 Å². The number of aromatic amines is 2. The average molecular weight is 549 g/mol. The minimum absolute atomic E-state index is 0.0153. The molecule has 5 rings (SSSR count). The summed E-state index contributed by atoms with van der Waals surface area (Å²) in [4.78, 5) is 14.5. The molecular weight excluding hydrogens is 523 g/mol. The maximum Gasteiger partial charge on any atom is 0.401 e. The number of aromatic nitrogens is 5. The lowest BCUT2D eigenvalue weighted by Crippen LogP contribution is -2.49. The Morgan fingerprint density at radius 3 is 2.54 bits per heavy atom. The van der Waals surface area contributed by atoms with Crippen molar-refractivity contribution in [1.29, 1.82) is 0 Å². The fraction of sp³-hybridized carbons (Fsp3) is 0.320. The number of halogens is 5. The molecule has 0 bridgehead atoms. The zero-order valence-corrected chi connectivity index (χ0v) is 21.0. The van der Waals surface area contributed by atoms with Gasteiger partial charge < -0.3 is 19.9 Å². The average Bonchev–Trinajstić information content (AvgIpc) is 3.48. The Hall–Kier alpha value is -4.20. The Balaban J connectivity index is 1.45. The number of hydrogen-bond donors (Lipinski definition) is 3. The minimum Gasteiger partial charge on any atom is -0.421 e. The molecule has 3 N–H and O–H groups in total. The third-order valence-corrected chi connectivity index (χ3v) is 6.09. The lowest BCUT2D eigenvalue weighted by molar-refractivity contribution is -0.146. The Labute approximate surface area is 219 Å². The lowest BCUT2D eigenvalue weighted by Gasteiger charge is -2.35. The van der Waals surface area contributed by atoms with Gasteiger partial charge in [0, 0.05) is 55.5 Å². The van der Waals surface area contributed by atoms with Crippen LogP contribution >= 0.6 is 0 Å². The molecule has 0 spiro atoms. The summed E-state index contributed by atoms with van der Waals surface area (Å²) in [6.45, 7) is 3.39. The highest BCUT2D eigenvalue weighted by Gasteiger charge is 2.32. The largest absolute Gasteiger partial charge is 0.421 e. The van der Waals surface area contributed by atoms with Crippen LogP contribution < -0.4 is 15.0 Å². The fourth-order valence-electron chi connectivity index (χ4n) is 4.38. The first-order chi connectivity index (χ1) is 18.6. The van der Waals surface area contributed by atoms with Gasteiger partial charge in [-0.25, -0.2) is 8.78 Å². The Kier molecular flexibility index (Phi) is 7.12. The highest BCUT2D eigenvalue weighted by molar-refractivity contribution is 5.83. The third-order valence-electron chi connectivity index (χ3n) is 6.09. The highest BCUT2D eigenvalue weighted by Crippen LogP contribution is 2.33.